The molecule has 4 nitrogen and oxygen atoms in total. The Labute approximate surface area is 121 Å². The van der Waals surface area contributed by atoms with Crippen molar-refractivity contribution in [1.82, 2.24) is 10.2 Å². The molecule has 2 heterocycles. The molecule has 4 heteroatoms. The SMILES string of the molecule is O=C(C1NCC2CCCC21)N1CCOC2CCCCC21. The Kier molecular flexibility index (Phi) is 3.47. The maximum Gasteiger partial charge on any atom is 0.240 e. The van der Waals surface area contributed by atoms with E-state index in [9.17, 15) is 4.79 Å². The number of carbonyl (C=O) groups excluding carboxylic acids is 1. The Bertz CT molecular complexity index is 385. The molecule has 0 radical (unpaired) electrons. The summed E-state index contributed by atoms with van der Waals surface area (Å²) >= 11 is 0. The van der Waals surface area contributed by atoms with Gasteiger partial charge in [0.25, 0.3) is 0 Å². The van der Waals surface area contributed by atoms with Gasteiger partial charge in [-0.15, -0.1) is 0 Å². The molecule has 4 aliphatic rings. The number of ether oxygens (including phenoxy) is 1. The summed E-state index contributed by atoms with van der Waals surface area (Å²) in [5.74, 6) is 1.74. The fraction of sp³-hybridized carbons (Fsp3) is 0.938. The molecule has 0 spiro atoms. The molecular formula is C16H26N2O2. The van der Waals surface area contributed by atoms with Gasteiger partial charge < -0.3 is 15.0 Å². The van der Waals surface area contributed by atoms with Crippen LogP contribution in [-0.2, 0) is 9.53 Å². The molecule has 5 atom stereocenters. The van der Waals surface area contributed by atoms with Crippen LogP contribution in [0.3, 0.4) is 0 Å². The summed E-state index contributed by atoms with van der Waals surface area (Å²) in [5.41, 5.74) is 0. The Morgan fingerprint density at radius 3 is 2.95 bits per heavy atom. The van der Waals surface area contributed by atoms with Gasteiger partial charge in [0, 0.05) is 6.54 Å². The third kappa shape index (κ3) is 2.08. The summed E-state index contributed by atoms with van der Waals surface area (Å²) in [7, 11) is 0. The minimum absolute atomic E-state index is 0.100. The summed E-state index contributed by atoms with van der Waals surface area (Å²) < 4.78 is 5.90. The first kappa shape index (κ1) is 13.1. The number of hydrogen-bond acceptors (Lipinski definition) is 3. The van der Waals surface area contributed by atoms with Crippen molar-refractivity contribution in [3.8, 4) is 0 Å². The molecule has 2 saturated carbocycles. The van der Waals surface area contributed by atoms with Crippen molar-refractivity contribution < 1.29 is 9.53 Å². The Balaban J connectivity index is 1.49. The van der Waals surface area contributed by atoms with Crippen LogP contribution in [-0.4, -0.2) is 48.7 Å². The minimum atomic E-state index is 0.100. The zero-order chi connectivity index (χ0) is 13.5. The first-order valence-corrected chi connectivity index (χ1v) is 8.50. The lowest BCUT2D eigenvalue weighted by Gasteiger charge is -2.45. The van der Waals surface area contributed by atoms with Crippen LogP contribution in [0.2, 0.25) is 0 Å². The van der Waals surface area contributed by atoms with Gasteiger partial charge in [0.1, 0.15) is 0 Å². The highest BCUT2D eigenvalue weighted by Crippen LogP contribution is 2.39. The van der Waals surface area contributed by atoms with Gasteiger partial charge in [-0.05, 0) is 44.1 Å². The highest BCUT2D eigenvalue weighted by atomic mass is 16.5. The second kappa shape index (κ2) is 5.30. The van der Waals surface area contributed by atoms with Gasteiger partial charge in [-0.2, -0.15) is 0 Å². The average molecular weight is 278 g/mol. The molecule has 2 aliphatic carbocycles. The summed E-state index contributed by atoms with van der Waals surface area (Å²) in [4.78, 5) is 15.2. The molecule has 2 saturated heterocycles. The number of morpholine rings is 1. The molecule has 20 heavy (non-hydrogen) atoms. The molecule has 0 aromatic rings. The number of hydrogen-bond donors (Lipinski definition) is 1. The number of nitrogens with zero attached hydrogens (tertiary/aromatic N) is 1. The molecule has 0 aromatic carbocycles. The third-order valence-corrected chi connectivity index (χ3v) is 6.03. The fourth-order valence-corrected chi connectivity index (χ4v) is 5.01. The summed E-state index contributed by atoms with van der Waals surface area (Å²) in [6.07, 6.45) is 8.96. The first-order valence-electron chi connectivity index (χ1n) is 8.50. The van der Waals surface area contributed by atoms with Gasteiger partial charge in [0.2, 0.25) is 5.91 Å². The van der Waals surface area contributed by atoms with E-state index in [2.05, 4.69) is 10.2 Å². The fourth-order valence-electron chi connectivity index (χ4n) is 5.01. The molecule has 0 aromatic heterocycles. The summed E-state index contributed by atoms with van der Waals surface area (Å²) in [6, 6.07) is 0.454. The van der Waals surface area contributed by atoms with Crippen molar-refractivity contribution in [2.24, 2.45) is 11.8 Å². The van der Waals surface area contributed by atoms with Gasteiger partial charge in [-0.25, -0.2) is 0 Å². The predicted molar refractivity (Wildman–Crippen MR) is 76.3 cm³/mol. The van der Waals surface area contributed by atoms with Crippen LogP contribution in [0.1, 0.15) is 44.9 Å². The van der Waals surface area contributed by atoms with Gasteiger partial charge in [0.05, 0.1) is 24.8 Å². The monoisotopic (exact) mass is 278 g/mol. The molecule has 4 fully saturated rings. The highest BCUT2D eigenvalue weighted by Gasteiger charge is 2.46. The minimum Gasteiger partial charge on any atom is -0.374 e. The van der Waals surface area contributed by atoms with Crippen LogP contribution >= 0.6 is 0 Å². The topological polar surface area (TPSA) is 41.6 Å². The van der Waals surface area contributed by atoms with E-state index in [1.54, 1.807) is 0 Å². The van der Waals surface area contributed by atoms with E-state index in [1.807, 2.05) is 0 Å². The van der Waals surface area contributed by atoms with E-state index in [4.69, 9.17) is 4.74 Å². The van der Waals surface area contributed by atoms with E-state index in [1.165, 1.54) is 32.1 Å². The zero-order valence-corrected chi connectivity index (χ0v) is 12.2. The highest BCUT2D eigenvalue weighted by molar-refractivity contribution is 5.83. The Morgan fingerprint density at radius 2 is 2.00 bits per heavy atom. The lowest BCUT2D eigenvalue weighted by Crippen LogP contribution is -2.59. The number of nitrogens with one attached hydrogen (secondary N) is 1. The molecule has 2 aliphatic heterocycles. The summed E-state index contributed by atoms with van der Waals surface area (Å²) in [5, 5.41) is 3.52. The van der Waals surface area contributed by atoms with Gasteiger partial charge >= 0.3 is 0 Å². The molecule has 0 bridgehead atoms. The molecule has 4 rings (SSSR count). The predicted octanol–water partition coefficient (Wildman–Crippen LogP) is 1.54. The van der Waals surface area contributed by atoms with Crippen LogP contribution in [0.4, 0.5) is 0 Å². The lowest BCUT2D eigenvalue weighted by molar-refractivity contribution is -0.152. The van der Waals surface area contributed by atoms with Gasteiger partial charge in [-0.1, -0.05) is 19.3 Å². The van der Waals surface area contributed by atoms with Crippen molar-refractivity contribution in [3.63, 3.8) is 0 Å². The normalized spacial score (nSPS) is 44.2. The number of carbonyl (C=O) groups is 1. The number of fused-ring (bicyclic) bond motifs is 2. The molecule has 5 unspecified atom stereocenters. The largest absolute Gasteiger partial charge is 0.374 e. The Hall–Kier alpha value is -0.610. The van der Waals surface area contributed by atoms with E-state index in [-0.39, 0.29) is 6.04 Å². The van der Waals surface area contributed by atoms with E-state index in [0.717, 1.165) is 38.5 Å². The summed E-state index contributed by atoms with van der Waals surface area (Å²) in [6.45, 7) is 2.59. The second-order valence-electron chi connectivity index (χ2n) is 7.03. The van der Waals surface area contributed by atoms with Crippen LogP contribution in [0.5, 0.6) is 0 Å². The van der Waals surface area contributed by atoms with Crippen LogP contribution < -0.4 is 5.32 Å². The standard InChI is InChI=1S/C16H26N2O2/c19-16(15-12-5-3-4-11(12)10-17-15)18-8-9-20-14-7-2-1-6-13(14)18/h11-15,17H,1-10H2. The number of amides is 1. The Morgan fingerprint density at radius 1 is 1.10 bits per heavy atom. The van der Waals surface area contributed by atoms with Crippen LogP contribution in [0.15, 0.2) is 0 Å². The van der Waals surface area contributed by atoms with Gasteiger partial charge in [0.15, 0.2) is 0 Å². The van der Waals surface area contributed by atoms with Gasteiger partial charge in [-0.3, -0.25) is 4.79 Å². The van der Waals surface area contributed by atoms with E-state index in [0.29, 0.717) is 24.0 Å². The number of rotatable bonds is 1. The molecule has 112 valence electrons. The van der Waals surface area contributed by atoms with Crippen molar-refractivity contribution >= 4 is 5.91 Å². The maximum absolute atomic E-state index is 13.0. The van der Waals surface area contributed by atoms with Crippen molar-refractivity contribution in [2.75, 3.05) is 19.7 Å². The molecule has 1 amide bonds. The quantitative estimate of drug-likeness (QED) is 0.791. The molecule has 1 N–H and O–H groups in total. The van der Waals surface area contributed by atoms with Crippen LogP contribution in [0, 0.1) is 11.8 Å². The van der Waals surface area contributed by atoms with E-state index < -0.39 is 0 Å². The average Bonchev–Trinajstić information content (AvgIpc) is 3.09. The van der Waals surface area contributed by atoms with Crippen molar-refractivity contribution in [2.45, 2.75) is 63.1 Å². The lowest BCUT2D eigenvalue weighted by atomic mass is 9.88. The van der Waals surface area contributed by atoms with Crippen molar-refractivity contribution in [1.29, 1.82) is 0 Å². The third-order valence-electron chi connectivity index (χ3n) is 6.03. The maximum atomic E-state index is 13.0. The van der Waals surface area contributed by atoms with Crippen LogP contribution in [0.25, 0.3) is 0 Å². The van der Waals surface area contributed by atoms with Crippen molar-refractivity contribution in [3.05, 3.63) is 0 Å². The first-order chi connectivity index (χ1) is 9.84. The van der Waals surface area contributed by atoms with E-state index >= 15 is 0 Å². The molecular weight excluding hydrogens is 252 g/mol. The zero-order valence-electron chi connectivity index (χ0n) is 12.2. The smallest absolute Gasteiger partial charge is 0.240 e. The second-order valence-corrected chi connectivity index (χ2v) is 7.03.